The molecule has 6 heteroatoms. The Labute approximate surface area is 97.9 Å². The van der Waals surface area contributed by atoms with Gasteiger partial charge in [-0.3, -0.25) is 4.79 Å². The lowest BCUT2D eigenvalue weighted by Crippen LogP contribution is -2.38. The molecule has 0 aromatic heterocycles. The number of carbonyl (C=O) groups excluding carboxylic acids is 1. The summed E-state index contributed by atoms with van der Waals surface area (Å²) >= 11 is 0. The lowest BCUT2D eigenvalue weighted by Gasteiger charge is -2.19. The van der Waals surface area contributed by atoms with E-state index in [0.717, 1.165) is 0 Å². The van der Waals surface area contributed by atoms with E-state index >= 15 is 0 Å². The van der Waals surface area contributed by atoms with Crippen LogP contribution in [0, 0.1) is 0 Å². The topological polar surface area (TPSA) is 75.3 Å². The van der Waals surface area contributed by atoms with Gasteiger partial charge in [-0.25, -0.2) is 8.42 Å². The van der Waals surface area contributed by atoms with E-state index in [9.17, 15) is 13.2 Å². The molecule has 0 saturated heterocycles. The van der Waals surface area contributed by atoms with Crippen LogP contribution in [0.4, 0.5) is 0 Å². The van der Waals surface area contributed by atoms with Gasteiger partial charge in [0.05, 0.1) is 17.0 Å². The van der Waals surface area contributed by atoms with Crippen molar-refractivity contribution in [1.82, 2.24) is 10.6 Å². The standard InChI is InChI=1S/C10H22N2O3S/c1-5-12-9(13)8-11-6-7-16(14,15)10(2,3)4/h11H,5-8H2,1-4H3,(H,12,13). The molecule has 0 bridgehead atoms. The van der Waals surface area contributed by atoms with Crippen molar-refractivity contribution in [1.29, 1.82) is 0 Å². The van der Waals surface area contributed by atoms with Crippen LogP contribution in [0.2, 0.25) is 0 Å². The van der Waals surface area contributed by atoms with Crippen LogP contribution in [-0.4, -0.2) is 44.5 Å². The number of likely N-dealkylation sites (N-methyl/N-ethyl adjacent to an activating group) is 1. The Balaban J connectivity index is 3.88. The molecule has 0 radical (unpaired) electrons. The second kappa shape index (κ2) is 6.20. The van der Waals surface area contributed by atoms with Gasteiger partial charge in [0.1, 0.15) is 0 Å². The molecule has 16 heavy (non-hydrogen) atoms. The van der Waals surface area contributed by atoms with E-state index in [1.54, 1.807) is 20.8 Å². The van der Waals surface area contributed by atoms with Gasteiger partial charge in [0, 0.05) is 13.1 Å². The highest BCUT2D eigenvalue weighted by atomic mass is 32.2. The first-order valence-electron chi connectivity index (χ1n) is 5.40. The first-order valence-corrected chi connectivity index (χ1v) is 7.05. The molecule has 0 aliphatic heterocycles. The molecule has 0 aromatic carbocycles. The van der Waals surface area contributed by atoms with Crippen LogP contribution in [0.5, 0.6) is 0 Å². The normalized spacial score (nSPS) is 12.5. The van der Waals surface area contributed by atoms with Crippen LogP contribution >= 0.6 is 0 Å². The first kappa shape index (κ1) is 15.4. The van der Waals surface area contributed by atoms with Crippen molar-refractivity contribution < 1.29 is 13.2 Å². The number of hydrogen-bond donors (Lipinski definition) is 2. The summed E-state index contributed by atoms with van der Waals surface area (Å²) in [6.45, 7) is 7.90. The Morgan fingerprint density at radius 3 is 2.25 bits per heavy atom. The van der Waals surface area contributed by atoms with Crippen molar-refractivity contribution in [2.75, 3.05) is 25.4 Å². The van der Waals surface area contributed by atoms with E-state index in [2.05, 4.69) is 10.6 Å². The van der Waals surface area contributed by atoms with Gasteiger partial charge in [0.25, 0.3) is 0 Å². The maximum absolute atomic E-state index is 11.7. The molecule has 0 unspecified atom stereocenters. The quantitative estimate of drug-likeness (QED) is 0.647. The highest BCUT2D eigenvalue weighted by Gasteiger charge is 2.27. The Morgan fingerprint density at radius 1 is 1.25 bits per heavy atom. The van der Waals surface area contributed by atoms with Gasteiger partial charge in [-0.15, -0.1) is 0 Å². The van der Waals surface area contributed by atoms with Gasteiger partial charge in [0.15, 0.2) is 9.84 Å². The first-order chi connectivity index (χ1) is 7.20. The zero-order valence-corrected chi connectivity index (χ0v) is 11.3. The van der Waals surface area contributed by atoms with Crippen LogP contribution in [0.3, 0.4) is 0 Å². The highest BCUT2D eigenvalue weighted by molar-refractivity contribution is 7.92. The van der Waals surface area contributed by atoms with Crippen molar-refractivity contribution in [3.05, 3.63) is 0 Å². The Hall–Kier alpha value is -0.620. The van der Waals surface area contributed by atoms with Crippen LogP contribution in [0.1, 0.15) is 27.7 Å². The summed E-state index contributed by atoms with van der Waals surface area (Å²) in [5.41, 5.74) is 0. The third kappa shape index (κ3) is 5.46. The molecule has 5 nitrogen and oxygen atoms in total. The minimum Gasteiger partial charge on any atom is -0.355 e. The van der Waals surface area contributed by atoms with Gasteiger partial charge in [-0.05, 0) is 27.7 Å². The molecule has 0 saturated carbocycles. The predicted molar refractivity (Wildman–Crippen MR) is 65.1 cm³/mol. The lowest BCUT2D eigenvalue weighted by molar-refractivity contribution is -0.120. The van der Waals surface area contributed by atoms with Crippen molar-refractivity contribution in [2.45, 2.75) is 32.4 Å². The number of amides is 1. The van der Waals surface area contributed by atoms with Gasteiger partial charge in [-0.1, -0.05) is 0 Å². The fourth-order valence-corrected chi connectivity index (χ4v) is 2.00. The Bertz CT molecular complexity index is 317. The molecule has 96 valence electrons. The highest BCUT2D eigenvalue weighted by Crippen LogP contribution is 2.14. The largest absolute Gasteiger partial charge is 0.355 e. The zero-order valence-electron chi connectivity index (χ0n) is 10.5. The molecule has 0 atom stereocenters. The molecule has 0 aliphatic rings. The molecule has 1 amide bonds. The lowest BCUT2D eigenvalue weighted by atomic mass is 10.3. The fourth-order valence-electron chi connectivity index (χ4n) is 0.974. The fraction of sp³-hybridized carbons (Fsp3) is 0.900. The van der Waals surface area contributed by atoms with Crippen molar-refractivity contribution in [3.63, 3.8) is 0 Å². The number of carbonyl (C=O) groups is 1. The van der Waals surface area contributed by atoms with Crippen LogP contribution < -0.4 is 10.6 Å². The molecular formula is C10H22N2O3S. The van der Waals surface area contributed by atoms with Crippen molar-refractivity contribution in [2.24, 2.45) is 0 Å². The van der Waals surface area contributed by atoms with Crippen molar-refractivity contribution >= 4 is 15.7 Å². The third-order valence-corrected chi connectivity index (χ3v) is 4.75. The SMILES string of the molecule is CCNC(=O)CNCCS(=O)(=O)C(C)(C)C. The minimum atomic E-state index is -3.10. The van der Waals surface area contributed by atoms with Gasteiger partial charge >= 0.3 is 0 Å². The maximum Gasteiger partial charge on any atom is 0.233 e. The summed E-state index contributed by atoms with van der Waals surface area (Å²) in [6, 6.07) is 0. The summed E-state index contributed by atoms with van der Waals surface area (Å²) in [4.78, 5) is 11.0. The van der Waals surface area contributed by atoms with Gasteiger partial charge < -0.3 is 10.6 Å². The second-order valence-electron chi connectivity index (χ2n) is 4.56. The third-order valence-electron chi connectivity index (χ3n) is 2.14. The average Bonchev–Trinajstić information content (AvgIpc) is 2.11. The molecule has 0 fully saturated rings. The van der Waals surface area contributed by atoms with Crippen LogP contribution in [0.15, 0.2) is 0 Å². The van der Waals surface area contributed by atoms with E-state index in [0.29, 0.717) is 13.1 Å². The zero-order chi connectivity index (χ0) is 12.8. The predicted octanol–water partition coefficient (Wildman–Crippen LogP) is -0.0746. The molecule has 0 aromatic rings. The average molecular weight is 250 g/mol. The summed E-state index contributed by atoms with van der Waals surface area (Å²) in [5, 5.41) is 5.43. The molecular weight excluding hydrogens is 228 g/mol. The van der Waals surface area contributed by atoms with E-state index < -0.39 is 14.6 Å². The summed E-state index contributed by atoms with van der Waals surface area (Å²) < 4.78 is 22.6. The Kier molecular flexibility index (Phi) is 5.96. The monoisotopic (exact) mass is 250 g/mol. The number of nitrogens with one attached hydrogen (secondary N) is 2. The summed E-state index contributed by atoms with van der Waals surface area (Å²) in [5.74, 6) is -0.0636. The second-order valence-corrected chi connectivity index (χ2v) is 7.42. The van der Waals surface area contributed by atoms with Crippen LogP contribution in [-0.2, 0) is 14.6 Å². The smallest absolute Gasteiger partial charge is 0.233 e. The molecule has 0 rings (SSSR count). The van der Waals surface area contributed by atoms with Gasteiger partial charge in [0.2, 0.25) is 5.91 Å². The van der Waals surface area contributed by atoms with E-state index in [-0.39, 0.29) is 18.2 Å². The molecule has 2 N–H and O–H groups in total. The summed E-state index contributed by atoms with van der Waals surface area (Å²) in [7, 11) is -3.10. The van der Waals surface area contributed by atoms with E-state index in [4.69, 9.17) is 0 Å². The van der Waals surface area contributed by atoms with Crippen molar-refractivity contribution in [3.8, 4) is 0 Å². The minimum absolute atomic E-state index is 0.0515. The molecule has 0 aliphatic carbocycles. The van der Waals surface area contributed by atoms with E-state index in [1.165, 1.54) is 0 Å². The Morgan fingerprint density at radius 2 is 1.81 bits per heavy atom. The molecule has 0 heterocycles. The maximum atomic E-state index is 11.7. The van der Waals surface area contributed by atoms with E-state index in [1.807, 2.05) is 6.92 Å². The molecule has 0 spiro atoms. The number of rotatable bonds is 6. The number of sulfone groups is 1. The van der Waals surface area contributed by atoms with Crippen LogP contribution in [0.25, 0.3) is 0 Å². The number of hydrogen-bond acceptors (Lipinski definition) is 4. The van der Waals surface area contributed by atoms with Gasteiger partial charge in [-0.2, -0.15) is 0 Å². The summed E-state index contributed by atoms with van der Waals surface area (Å²) in [6.07, 6.45) is 0.